The molecule has 1 aromatic heterocycles. The van der Waals surface area contributed by atoms with Crippen molar-refractivity contribution in [2.45, 2.75) is 19.8 Å². The van der Waals surface area contributed by atoms with Crippen LogP contribution in [-0.2, 0) is 0 Å². The van der Waals surface area contributed by atoms with Gasteiger partial charge in [0, 0.05) is 29.8 Å². The Labute approximate surface area is 142 Å². The van der Waals surface area contributed by atoms with E-state index in [1.807, 2.05) is 24.4 Å². The van der Waals surface area contributed by atoms with Gasteiger partial charge in [-0.05, 0) is 72.2 Å². The lowest BCUT2D eigenvalue weighted by Crippen LogP contribution is -2.18. The van der Waals surface area contributed by atoms with Crippen molar-refractivity contribution in [2.24, 2.45) is 0 Å². The Hall–Kier alpha value is -1.08. The minimum atomic E-state index is -0.0359. The Balaban J connectivity index is 1.75. The summed E-state index contributed by atoms with van der Waals surface area (Å²) in [5.41, 5.74) is 3.99. The Morgan fingerprint density at radius 2 is 2.05 bits per heavy atom. The zero-order valence-corrected chi connectivity index (χ0v) is 14.8. The van der Waals surface area contributed by atoms with Gasteiger partial charge in [0.15, 0.2) is 0 Å². The molecule has 0 radical (unpaired) electrons. The van der Waals surface area contributed by atoms with Crippen LogP contribution in [0.4, 0.5) is 11.4 Å². The van der Waals surface area contributed by atoms with Gasteiger partial charge in [0.05, 0.1) is 8.45 Å². The summed E-state index contributed by atoms with van der Waals surface area (Å²) in [4.78, 5) is 14.6. The number of carbonyl (C=O) groups is 1. The summed E-state index contributed by atoms with van der Waals surface area (Å²) >= 11 is 3.82. The van der Waals surface area contributed by atoms with E-state index in [1.54, 1.807) is 11.3 Å². The van der Waals surface area contributed by atoms with E-state index in [0.29, 0.717) is 0 Å². The molecular formula is C16H17IN2OS. The van der Waals surface area contributed by atoms with Crippen molar-refractivity contribution >= 4 is 51.2 Å². The van der Waals surface area contributed by atoms with Crippen LogP contribution in [0.1, 0.15) is 28.8 Å². The summed E-state index contributed by atoms with van der Waals surface area (Å²) in [6.07, 6.45) is 2.54. The molecule has 5 heteroatoms. The number of benzene rings is 1. The van der Waals surface area contributed by atoms with Gasteiger partial charge < -0.3 is 10.2 Å². The van der Waals surface area contributed by atoms with Crippen molar-refractivity contribution in [2.75, 3.05) is 23.3 Å². The van der Waals surface area contributed by atoms with Crippen LogP contribution in [0.5, 0.6) is 0 Å². The molecule has 1 aliphatic rings. The Kier molecular flexibility index (Phi) is 4.49. The topological polar surface area (TPSA) is 32.3 Å². The SMILES string of the molecule is Cc1cc(N2CCCC2)ccc1NC(=O)c1csc(I)c1. The number of aryl methyl sites for hydroxylation is 1. The average Bonchev–Trinajstić information content (AvgIpc) is 3.12. The normalized spacial score (nSPS) is 14.5. The monoisotopic (exact) mass is 412 g/mol. The smallest absolute Gasteiger partial charge is 0.256 e. The summed E-state index contributed by atoms with van der Waals surface area (Å²) < 4.78 is 1.12. The molecule has 2 aromatic rings. The molecule has 1 aliphatic heterocycles. The van der Waals surface area contributed by atoms with Crippen LogP contribution in [0.15, 0.2) is 29.6 Å². The van der Waals surface area contributed by atoms with E-state index >= 15 is 0 Å². The standard InChI is InChI=1S/C16H17IN2OS/c1-11-8-13(19-6-2-3-7-19)4-5-14(11)18-16(20)12-9-15(17)21-10-12/h4-5,8-10H,2-3,6-7H2,1H3,(H,18,20). The summed E-state index contributed by atoms with van der Waals surface area (Å²) in [6, 6.07) is 8.19. The number of amides is 1. The average molecular weight is 412 g/mol. The molecule has 0 aliphatic carbocycles. The van der Waals surface area contributed by atoms with Gasteiger partial charge in [-0.1, -0.05) is 0 Å². The van der Waals surface area contributed by atoms with Crippen LogP contribution in [-0.4, -0.2) is 19.0 Å². The molecular weight excluding hydrogens is 395 g/mol. The van der Waals surface area contributed by atoms with Crippen molar-refractivity contribution in [1.29, 1.82) is 0 Å². The van der Waals surface area contributed by atoms with E-state index in [2.05, 4.69) is 44.9 Å². The van der Waals surface area contributed by atoms with Crippen LogP contribution in [0, 0.1) is 9.81 Å². The second kappa shape index (κ2) is 6.36. The predicted octanol–water partition coefficient (Wildman–Crippen LogP) is 4.51. The highest BCUT2D eigenvalue weighted by molar-refractivity contribution is 14.1. The summed E-state index contributed by atoms with van der Waals surface area (Å²) in [7, 11) is 0. The van der Waals surface area contributed by atoms with Crippen LogP contribution in [0.3, 0.4) is 0 Å². The molecule has 0 spiro atoms. The van der Waals surface area contributed by atoms with Crippen molar-refractivity contribution in [1.82, 2.24) is 0 Å². The van der Waals surface area contributed by atoms with E-state index in [1.165, 1.54) is 18.5 Å². The summed E-state index contributed by atoms with van der Waals surface area (Å²) in [6.45, 7) is 4.32. The molecule has 1 aromatic carbocycles. The molecule has 3 nitrogen and oxygen atoms in total. The highest BCUT2D eigenvalue weighted by Gasteiger charge is 2.14. The quantitative estimate of drug-likeness (QED) is 0.753. The molecule has 0 unspecified atom stereocenters. The fourth-order valence-electron chi connectivity index (χ4n) is 2.58. The molecule has 0 bridgehead atoms. The van der Waals surface area contributed by atoms with E-state index in [4.69, 9.17) is 0 Å². The Morgan fingerprint density at radius 3 is 2.67 bits per heavy atom. The van der Waals surface area contributed by atoms with E-state index < -0.39 is 0 Å². The van der Waals surface area contributed by atoms with Gasteiger partial charge in [0.1, 0.15) is 0 Å². The zero-order chi connectivity index (χ0) is 14.8. The first-order chi connectivity index (χ1) is 10.1. The first kappa shape index (κ1) is 14.8. The minimum absolute atomic E-state index is 0.0359. The minimum Gasteiger partial charge on any atom is -0.372 e. The fraction of sp³-hybridized carbons (Fsp3) is 0.312. The number of nitrogens with one attached hydrogen (secondary N) is 1. The van der Waals surface area contributed by atoms with E-state index in [9.17, 15) is 4.79 Å². The molecule has 3 rings (SSSR count). The zero-order valence-electron chi connectivity index (χ0n) is 11.9. The lowest BCUT2D eigenvalue weighted by molar-refractivity contribution is 0.102. The van der Waals surface area contributed by atoms with Gasteiger partial charge in [-0.3, -0.25) is 4.79 Å². The molecule has 110 valence electrons. The van der Waals surface area contributed by atoms with Crippen LogP contribution in [0.25, 0.3) is 0 Å². The van der Waals surface area contributed by atoms with Gasteiger partial charge in [-0.25, -0.2) is 0 Å². The first-order valence-corrected chi connectivity index (χ1v) is 9.00. The number of carbonyl (C=O) groups excluding carboxylic acids is 1. The molecule has 1 N–H and O–H groups in total. The number of hydrogen-bond donors (Lipinski definition) is 1. The molecule has 0 atom stereocenters. The van der Waals surface area contributed by atoms with Gasteiger partial charge in [-0.15, -0.1) is 11.3 Å². The maximum Gasteiger partial charge on any atom is 0.256 e. The molecule has 1 amide bonds. The lowest BCUT2D eigenvalue weighted by Gasteiger charge is -2.19. The highest BCUT2D eigenvalue weighted by atomic mass is 127. The summed E-state index contributed by atoms with van der Waals surface area (Å²) in [5, 5.41) is 4.90. The largest absolute Gasteiger partial charge is 0.372 e. The maximum atomic E-state index is 12.2. The van der Waals surface area contributed by atoms with Crippen molar-refractivity contribution < 1.29 is 4.79 Å². The van der Waals surface area contributed by atoms with Gasteiger partial charge in [-0.2, -0.15) is 0 Å². The van der Waals surface area contributed by atoms with Crippen LogP contribution < -0.4 is 10.2 Å². The van der Waals surface area contributed by atoms with E-state index in [-0.39, 0.29) is 5.91 Å². The highest BCUT2D eigenvalue weighted by Crippen LogP contribution is 2.26. The molecule has 21 heavy (non-hydrogen) atoms. The second-order valence-electron chi connectivity index (χ2n) is 5.29. The third-order valence-electron chi connectivity index (χ3n) is 3.76. The number of rotatable bonds is 3. The third kappa shape index (κ3) is 3.40. The lowest BCUT2D eigenvalue weighted by atomic mass is 10.1. The van der Waals surface area contributed by atoms with Crippen LogP contribution >= 0.6 is 33.9 Å². The fourth-order valence-corrected chi connectivity index (χ4v) is 3.91. The van der Waals surface area contributed by atoms with Crippen molar-refractivity contribution in [3.05, 3.63) is 43.7 Å². The maximum absolute atomic E-state index is 12.2. The number of thiophene rings is 1. The van der Waals surface area contributed by atoms with Gasteiger partial charge in [0.25, 0.3) is 5.91 Å². The van der Waals surface area contributed by atoms with Gasteiger partial charge in [0.2, 0.25) is 0 Å². The molecule has 1 saturated heterocycles. The number of halogens is 1. The van der Waals surface area contributed by atoms with Crippen molar-refractivity contribution in [3.63, 3.8) is 0 Å². The van der Waals surface area contributed by atoms with Gasteiger partial charge >= 0.3 is 0 Å². The number of hydrogen-bond acceptors (Lipinski definition) is 3. The Morgan fingerprint density at radius 1 is 1.29 bits per heavy atom. The molecule has 0 saturated carbocycles. The van der Waals surface area contributed by atoms with E-state index in [0.717, 1.165) is 32.8 Å². The van der Waals surface area contributed by atoms with Crippen LogP contribution in [0.2, 0.25) is 0 Å². The molecule has 1 fully saturated rings. The van der Waals surface area contributed by atoms with Crippen molar-refractivity contribution in [3.8, 4) is 0 Å². The molecule has 2 heterocycles. The third-order valence-corrected chi connectivity index (χ3v) is 5.55. The summed E-state index contributed by atoms with van der Waals surface area (Å²) in [5.74, 6) is -0.0359. The number of nitrogens with zero attached hydrogens (tertiary/aromatic N) is 1. The Bertz CT molecular complexity index is 662. The number of anilines is 2. The second-order valence-corrected chi connectivity index (χ2v) is 8.09. The first-order valence-electron chi connectivity index (χ1n) is 7.04. The predicted molar refractivity (Wildman–Crippen MR) is 97.6 cm³/mol.